The Balaban J connectivity index is 2.77. The Morgan fingerprint density at radius 2 is 2.24 bits per heavy atom. The molecule has 0 fully saturated rings. The molecule has 0 aromatic heterocycles. The zero-order chi connectivity index (χ0) is 13.0. The van der Waals surface area contributed by atoms with Crippen LogP contribution in [0.3, 0.4) is 0 Å². The first kappa shape index (κ1) is 14.7. The van der Waals surface area contributed by atoms with Crippen LogP contribution >= 0.6 is 27.5 Å². The van der Waals surface area contributed by atoms with E-state index >= 15 is 0 Å². The fourth-order valence-corrected chi connectivity index (χ4v) is 2.74. The van der Waals surface area contributed by atoms with Crippen LogP contribution in [0.25, 0.3) is 0 Å². The Morgan fingerprint density at radius 1 is 1.59 bits per heavy atom. The molecule has 0 aliphatic heterocycles. The maximum atomic E-state index is 11.9. The van der Waals surface area contributed by atoms with Crippen molar-refractivity contribution in [1.29, 1.82) is 0 Å². The normalized spacial score (nSPS) is 14.1. The number of nitrogens with one attached hydrogen (secondary N) is 1. The zero-order valence-electron chi connectivity index (χ0n) is 9.50. The molecule has 1 aromatic rings. The van der Waals surface area contributed by atoms with E-state index in [0.29, 0.717) is 20.8 Å². The van der Waals surface area contributed by atoms with Crippen LogP contribution < -0.4 is 5.32 Å². The third kappa shape index (κ3) is 4.41. The Bertz CT molecular complexity index is 453. The largest absolute Gasteiger partial charge is 0.349 e. The van der Waals surface area contributed by atoms with Crippen molar-refractivity contribution in [3.05, 3.63) is 33.3 Å². The van der Waals surface area contributed by atoms with E-state index in [1.165, 1.54) is 0 Å². The van der Waals surface area contributed by atoms with Gasteiger partial charge in [-0.2, -0.15) is 0 Å². The molecule has 0 heterocycles. The molecule has 0 saturated carbocycles. The molecule has 0 bridgehead atoms. The van der Waals surface area contributed by atoms with E-state index in [4.69, 9.17) is 11.6 Å². The van der Waals surface area contributed by atoms with E-state index in [1.54, 1.807) is 24.5 Å². The summed E-state index contributed by atoms with van der Waals surface area (Å²) >= 11 is 9.27. The highest BCUT2D eigenvalue weighted by molar-refractivity contribution is 9.10. The third-order valence-corrected chi connectivity index (χ3v) is 4.32. The zero-order valence-corrected chi connectivity index (χ0v) is 12.7. The maximum absolute atomic E-state index is 11.9. The fourth-order valence-electron chi connectivity index (χ4n) is 1.37. The highest BCUT2D eigenvalue weighted by Gasteiger charge is 2.15. The van der Waals surface area contributed by atoms with Gasteiger partial charge in [0.1, 0.15) is 0 Å². The predicted molar refractivity (Wildman–Crippen MR) is 75.0 cm³/mol. The number of hydrogen-bond donors (Lipinski definition) is 1. The number of carbonyl (C=O) groups is 1. The maximum Gasteiger partial charge on any atom is 0.253 e. The Kier molecular flexibility index (Phi) is 5.62. The summed E-state index contributed by atoms with van der Waals surface area (Å²) in [6.45, 7) is 1.81. The van der Waals surface area contributed by atoms with Gasteiger partial charge in [-0.1, -0.05) is 17.7 Å². The van der Waals surface area contributed by atoms with Gasteiger partial charge >= 0.3 is 0 Å². The van der Waals surface area contributed by atoms with Crippen molar-refractivity contribution in [3.8, 4) is 0 Å². The molecule has 3 nitrogen and oxygen atoms in total. The van der Waals surface area contributed by atoms with E-state index in [2.05, 4.69) is 21.2 Å². The van der Waals surface area contributed by atoms with Crippen molar-refractivity contribution in [2.75, 3.05) is 12.0 Å². The second-order valence-corrected chi connectivity index (χ2v) is 6.43. The number of hydrogen-bond acceptors (Lipinski definition) is 2. The van der Waals surface area contributed by atoms with Crippen LogP contribution in [-0.4, -0.2) is 28.2 Å². The van der Waals surface area contributed by atoms with Crippen LogP contribution in [0.1, 0.15) is 17.3 Å². The molecule has 1 aromatic carbocycles. The molecule has 0 aliphatic rings. The monoisotopic (exact) mass is 337 g/mol. The molecular weight excluding hydrogens is 326 g/mol. The van der Waals surface area contributed by atoms with Gasteiger partial charge in [0, 0.05) is 33.3 Å². The lowest BCUT2D eigenvalue weighted by atomic mass is 10.2. The second-order valence-electron chi connectivity index (χ2n) is 3.72. The van der Waals surface area contributed by atoms with Crippen molar-refractivity contribution >= 4 is 44.2 Å². The van der Waals surface area contributed by atoms with E-state index in [-0.39, 0.29) is 11.9 Å². The van der Waals surface area contributed by atoms with Crippen molar-refractivity contribution in [2.24, 2.45) is 0 Å². The molecule has 2 atom stereocenters. The summed E-state index contributed by atoms with van der Waals surface area (Å²) in [5.74, 6) is 0.173. The third-order valence-electron chi connectivity index (χ3n) is 2.06. The lowest BCUT2D eigenvalue weighted by Gasteiger charge is -2.13. The summed E-state index contributed by atoms with van der Waals surface area (Å²) in [7, 11) is -0.935. The Labute approximate surface area is 117 Å². The second kappa shape index (κ2) is 6.52. The molecule has 1 N–H and O–H groups in total. The molecule has 0 radical (unpaired) electrons. The molecule has 0 saturated heterocycles. The van der Waals surface area contributed by atoms with Crippen LogP contribution in [-0.2, 0) is 10.8 Å². The number of halogens is 2. The first-order valence-corrected chi connectivity index (χ1v) is 7.86. The van der Waals surface area contributed by atoms with Gasteiger partial charge in [-0.15, -0.1) is 0 Å². The molecule has 0 spiro atoms. The highest BCUT2D eigenvalue weighted by atomic mass is 79.9. The van der Waals surface area contributed by atoms with Crippen molar-refractivity contribution in [1.82, 2.24) is 5.32 Å². The molecule has 2 unspecified atom stereocenters. The van der Waals surface area contributed by atoms with E-state index in [0.717, 1.165) is 0 Å². The smallest absolute Gasteiger partial charge is 0.253 e. The Morgan fingerprint density at radius 3 is 2.82 bits per heavy atom. The van der Waals surface area contributed by atoms with Crippen LogP contribution in [0.5, 0.6) is 0 Å². The predicted octanol–water partition coefficient (Wildman–Crippen LogP) is 2.60. The van der Waals surface area contributed by atoms with Crippen LogP contribution in [0.2, 0.25) is 5.02 Å². The lowest BCUT2D eigenvalue weighted by Crippen LogP contribution is -2.36. The first-order chi connectivity index (χ1) is 7.91. The average Bonchev–Trinajstić information content (AvgIpc) is 2.20. The SMILES string of the molecule is CC(CS(C)=O)NC(=O)c1cccc(Br)c1Cl. The topological polar surface area (TPSA) is 46.2 Å². The molecule has 17 heavy (non-hydrogen) atoms. The van der Waals surface area contributed by atoms with Gasteiger partial charge < -0.3 is 5.32 Å². The van der Waals surface area contributed by atoms with Crippen LogP contribution in [0.4, 0.5) is 0 Å². The minimum Gasteiger partial charge on any atom is -0.349 e. The lowest BCUT2D eigenvalue weighted by molar-refractivity contribution is 0.0944. The first-order valence-electron chi connectivity index (χ1n) is 4.96. The van der Waals surface area contributed by atoms with Gasteiger partial charge in [-0.25, -0.2) is 0 Å². The summed E-state index contributed by atoms with van der Waals surface area (Å²) < 4.78 is 11.7. The van der Waals surface area contributed by atoms with E-state index in [1.807, 2.05) is 6.92 Å². The molecule has 0 aliphatic carbocycles. The minimum atomic E-state index is -0.935. The standard InChI is InChI=1S/C11H13BrClNO2S/c1-7(6-17(2)16)14-11(15)8-4-3-5-9(12)10(8)13/h3-5,7H,6H2,1-2H3,(H,14,15). The number of amides is 1. The van der Waals surface area contributed by atoms with Crippen molar-refractivity contribution < 1.29 is 9.00 Å². The van der Waals surface area contributed by atoms with Crippen molar-refractivity contribution in [2.45, 2.75) is 13.0 Å². The summed E-state index contributed by atoms with van der Waals surface area (Å²) in [6.07, 6.45) is 1.61. The number of carbonyl (C=O) groups excluding carboxylic acids is 1. The molecule has 94 valence electrons. The van der Waals surface area contributed by atoms with Gasteiger partial charge in [0.25, 0.3) is 5.91 Å². The molecule has 6 heteroatoms. The van der Waals surface area contributed by atoms with E-state index < -0.39 is 10.8 Å². The van der Waals surface area contributed by atoms with Crippen molar-refractivity contribution in [3.63, 3.8) is 0 Å². The van der Waals surface area contributed by atoms with Gasteiger partial charge in [0.15, 0.2) is 0 Å². The van der Waals surface area contributed by atoms with Gasteiger partial charge in [-0.05, 0) is 35.0 Å². The highest BCUT2D eigenvalue weighted by Crippen LogP contribution is 2.25. The number of benzene rings is 1. The van der Waals surface area contributed by atoms with Gasteiger partial charge in [0.2, 0.25) is 0 Å². The molecule has 1 rings (SSSR count). The van der Waals surface area contributed by atoms with Crippen LogP contribution in [0, 0.1) is 0 Å². The molecular formula is C11H13BrClNO2S. The van der Waals surface area contributed by atoms with E-state index in [9.17, 15) is 9.00 Å². The van der Waals surface area contributed by atoms with Gasteiger partial charge in [0.05, 0.1) is 10.6 Å². The number of rotatable bonds is 4. The minimum absolute atomic E-state index is 0.150. The quantitative estimate of drug-likeness (QED) is 0.917. The van der Waals surface area contributed by atoms with Crippen LogP contribution in [0.15, 0.2) is 22.7 Å². The summed E-state index contributed by atoms with van der Waals surface area (Å²) in [4.78, 5) is 11.9. The average molecular weight is 339 g/mol. The molecule has 1 amide bonds. The summed E-state index contributed by atoms with van der Waals surface area (Å²) in [5, 5.41) is 3.14. The fraction of sp³-hybridized carbons (Fsp3) is 0.364. The Hall–Kier alpha value is -0.390. The summed E-state index contributed by atoms with van der Waals surface area (Å²) in [5.41, 5.74) is 0.412. The van der Waals surface area contributed by atoms with Gasteiger partial charge in [-0.3, -0.25) is 9.00 Å². The summed E-state index contributed by atoms with van der Waals surface area (Å²) in [6, 6.07) is 5.01.